The van der Waals surface area contributed by atoms with Crippen LogP contribution in [0.2, 0.25) is 0 Å². The van der Waals surface area contributed by atoms with Crippen molar-refractivity contribution in [3.05, 3.63) is 40.3 Å². The van der Waals surface area contributed by atoms with Gasteiger partial charge in [0, 0.05) is 31.1 Å². The monoisotopic (exact) mass is 341 g/mol. The summed E-state index contributed by atoms with van der Waals surface area (Å²) in [5.74, 6) is 1.70. The molecule has 0 saturated carbocycles. The molecular weight excluding hydrogens is 318 g/mol. The number of aryl methyl sites for hydroxylation is 1. The zero-order chi connectivity index (χ0) is 16.5. The summed E-state index contributed by atoms with van der Waals surface area (Å²) >= 11 is 1.76. The van der Waals surface area contributed by atoms with E-state index in [1.54, 1.807) is 11.3 Å². The predicted octanol–water partition coefficient (Wildman–Crippen LogP) is 3.29. The minimum absolute atomic E-state index is 0.691. The number of hydrogen-bond donors (Lipinski definition) is 1. The summed E-state index contributed by atoms with van der Waals surface area (Å²) in [6, 6.07) is 8.24. The van der Waals surface area contributed by atoms with Gasteiger partial charge in [-0.3, -0.25) is 0 Å². The minimum Gasteiger partial charge on any atom is -0.342 e. The van der Waals surface area contributed by atoms with Gasteiger partial charge in [-0.05, 0) is 38.4 Å². The number of anilines is 1. The van der Waals surface area contributed by atoms with Crippen LogP contribution in [0, 0.1) is 12.8 Å². The molecule has 4 rings (SSSR count). The molecule has 1 aromatic carbocycles. The maximum absolute atomic E-state index is 4.73. The molecule has 1 aliphatic heterocycles. The normalized spacial score (nSPS) is 18.1. The molecule has 1 atom stereocenters. The van der Waals surface area contributed by atoms with E-state index in [0.717, 1.165) is 43.2 Å². The molecule has 1 N–H and O–H groups in total. The van der Waals surface area contributed by atoms with E-state index in [1.165, 1.54) is 17.0 Å². The molecular formula is C18H23N5S. The fourth-order valence-corrected chi connectivity index (χ4v) is 4.35. The Kier molecular flexibility index (Phi) is 4.24. The Bertz CT molecular complexity index is 791. The number of H-pyrrole nitrogens is 1. The second kappa shape index (κ2) is 6.53. The van der Waals surface area contributed by atoms with Crippen LogP contribution in [0.25, 0.3) is 11.0 Å². The van der Waals surface area contributed by atoms with E-state index >= 15 is 0 Å². The molecule has 1 fully saturated rings. The third-order valence-electron chi connectivity index (χ3n) is 4.79. The maximum Gasteiger partial charge on any atom is 0.203 e. The van der Waals surface area contributed by atoms with Crippen molar-refractivity contribution in [2.45, 2.75) is 19.9 Å². The second-order valence-electron chi connectivity index (χ2n) is 6.74. The summed E-state index contributed by atoms with van der Waals surface area (Å²) in [4.78, 5) is 18.7. The first kappa shape index (κ1) is 15.6. The van der Waals surface area contributed by atoms with E-state index in [9.17, 15) is 0 Å². The number of imidazole rings is 1. The number of fused-ring (bicyclic) bond motifs is 1. The van der Waals surface area contributed by atoms with E-state index in [4.69, 9.17) is 4.98 Å². The molecule has 0 unspecified atom stereocenters. The van der Waals surface area contributed by atoms with Crippen molar-refractivity contribution in [1.29, 1.82) is 0 Å². The van der Waals surface area contributed by atoms with Gasteiger partial charge in [0.2, 0.25) is 5.95 Å². The molecule has 1 saturated heterocycles. The number of aromatic amines is 1. The van der Waals surface area contributed by atoms with Crippen molar-refractivity contribution in [2.75, 3.05) is 31.6 Å². The summed E-state index contributed by atoms with van der Waals surface area (Å²) in [7, 11) is 2.21. The van der Waals surface area contributed by atoms with Gasteiger partial charge in [0.15, 0.2) is 0 Å². The fraction of sp³-hybridized carbons (Fsp3) is 0.444. The lowest BCUT2D eigenvalue weighted by atomic mass is 10.1. The zero-order valence-corrected chi connectivity index (χ0v) is 15.0. The molecule has 0 radical (unpaired) electrons. The summed E-state index contributed by atoms with van der Waals surface area (Å²) in [6.07, 6.45) is 1.23. The number of thiazole rings is 1. The lowest BCUT2D eigenvalue weighted by molar-refractivity contribution is 0.281. The lowest BCUT2D eigenvalue weighted by Gasteiger charge is -2.21. The molecule has 3 heterocycles. The van der Waals surface area contributed by atoms with Crippen molar-refractivity contribution < 1.29 is 0 Å². The van der Waals surface area contributed by atoms with E-state index in [-0.39, 0.29) is 0 Å². The third kappa shape index (κ3) is 3.16. The van der Waals surface area contributed by atoms with Crippen molar-refractivity contribution in [3.63, 3.8) is 0 Å². The maximum atomic E-state index is 4.73. The zero-order valence-electron chi connectivity index (χ0n) is 14.2. The van der Waals surface area contributed by atoms with Crippen LogP contribution in [0.15, 0.2) is 29.8 Å². The van der Waals surface area contributed by atoms with Crippen molar-refractivity contribution in [1.82, 2.24) is 19.9 Å². The van der Waals surface area contributed by atoms with Crippen molar-refractivity contribution in [3.8, 4) is 0 Å². The highest BCUT2D eigenvalue weighted by molar-refractivity contribution is 7.09. The molecule has 126 valence electrons. The van der Waals surface area contributed by atoms with Gasteiger partial charge in [-0.2, -0.15) is 0 Å². The van der Waals surface area contributed by atoms with Crippen LogP contribution >= 0.6 is 11.3 Å². The largest absolute Gasteiger partial charge is 0.342 e. The minimum atomic E-state index is 0.691. The average molecular weight is 341 g/mol. The number of hydrogen-bond acceptors (Lipinski definition) is 5. The molecule has 0 bridgehead atoms. The average Bonchev–Trinajstić information content (AvgIpc) is 3.27. The molecule has 6 heteroatoms. The van der Waals surface area contributed by atoms with Gasteiger partial charge in [0.05, 0.1) is 22.2 Å². The number of aromatic nitrogens is 3. The van der Waals surface area contributed by atoms with Gasteiger partial charge >= 0.3 is 0 Å². The molecule has 0 amide bonds. The van der Waals surface area contributed by atoms with Gasteiger partial charge in [0.25, 0.3) is 0 Å². The van der Waals surface area contributed by atoms with Crippen LogP contribution in [0.5, 0.6) is 0 Å². The molecule has 0 spiro atoms. The van der Waals surface area contributed by atoms with Crippen molar-refractivity contribution >= 4 is 28.3 Å². The molecule has 5 nitrogen and oxygen atoms in total. The fourth-order valence-electron chi connectivity index (χ4n) is 3.49. The predicted molar refractivity (Wildman–Crippen MR) is 99.6 cm³/mol. The SMILES string of the molecule is Cc1ncsc1CN(C)C[C@@H]1CCN(c2nc3ccccc3[nH]2)C1. The number of benzene rings is 1. The summed E-state index contributed by atoms with van der Waals surface area (Å²) in [5, 5.41) is 0. The topological polar surface area (TPSA) is 48.1 Å². The Hall–Kier alpha value is -1.92. The smallest absolute Gasteiger partial charge is 0.203 e. The highest BCUT2D eigenvalue weighted by Crippen LogP contribution is 2.25. The highest BCUT2D eigenvalue weighted by atomic mass is 32.1. The Balaban J connectivity index is 1.36. The van der Waals surface area contributed by atoms with Crippen LogP contribution < -0.4 is 4.90 Å². The van der Waals surface area contributed by atoms with Gasteiger partial charge < -0.3 is 14.8 Å². The number of nitrogens with one attached hydrogen (secondary N) is 1. The van der Waals surface area contributed by atoms with E-state index < -0.39 is 0 Å². The van der Waals surface area contributed by atoms with Crippen LogP contribution in [-0.4, -0.2) is 46.5 Å². The molecule has 0 aliphatic carbocycles. The van der Waals surface area contributed by atoms with Crippen LogP contribution in [0.3, 0.4) is 0 Å². The number of rotatable bonds is 5. The number of nitrogens with zero attached hydrogens (tertiary/aromatic N) is 4. The summed E-state index contributed by atoms with van der Waals surface area (Å²) in [5.41, 5.74) is 5.28. The molecule has 24 heavy (non-hydrogen) atoms. The molecule has 3 aromatic rings. The van der Waals surface area contributed by atoms with Gasteiger partial charge in [-0.25, -0.2) is 9.97 Å². The van der Waals surface area contributed by atoms with Crippen LogP contribution in [-0.2, 0) is 6.54 Å². The van der Waals surface area contributed by atoms with Gasteiger partial charge in [-0.1, -0.05) is 12.1 Å². The lowest BCUT2D eigenvalue weighted by Crippen LogP contribution is -2.28. The van der Waals surface area contributed by atoms with E-state index in [1.807, 2.05) is 17.6 Å². The van der Waals surface area contributed by atoms with Gasteiger partial charge in [0.1, 0.15) is 0 Å². The third-order valence-corrected chi connectivity index (χ3v) is 5.71. The summed E-state index contributed by atoms with van der Waals surface area (Å²) in [6.45, 7) is 6.37. The first-order valence-corrected chi connectivity index (χ1v) is 9.34. The van der Waals surface area contributed by atoms with Gasteiger partial charge in [-0.15, -0.1) is 11.3 Å². The number of para-hydroxylation sites is 2. The first-order valence-electron chi connectivity index (χ1n) is 8.46. The quantitative estimate of drug-likeness (QED) is 0.774. The standard InChI is InChI=1S/C18H23N5S/c1-13-17(24-12-19-13)11-22(2)9-14-7-8-23(10-14)18-20-15-5-3-4-6-16(15)21-18/h3-6,12,14H,7-11H2,1-2H3,(H,20,21)/t14-/m0/s1. The van der Waals surface area contributed by atoms with E-state index in [0.29, 0.717) is 5.92 Å². The van der Waals surface area contributed by atoms with Crippen LogP contribution in [0.1, 0.15) is 17.0 Å². The Labute approximate surface area is 146 Å². The molecule has 1 aliphatic rings. The summed E-state index contributed by atoms with van der Waals surface area (Å²) < 4.78 is 0. The highest BCUT2D eigenvalue weighted by Gasteiger charge is 2.25. The second-order valence-corrected chi connectivity index (χ2v) is 7.68. The van der Waals surface area contributed by atoms with Crippen LogP contribution in [0.4, 0.5) is 5.95 Å². The first-order chi connectivity index (χ1) is 11.7. The Morgan fingerprint density at radius 3 is 3.04 bits per heavy atom. The van der Waals surface area contributed by atoms with Crippen molar-refractivity contribution in [2.24, 2.45) is 5.92 Å². The Morgan fingerprint density at radius 1 is 1.38 bits per heavy atom. The van der Waals surface area contributed by atoms with E-state index in [2.05, 4.69) is 45.9 Å². The Morgan fingerprint density at radius 2 is 2.25 bits per heavy atom. The molecule has 2 aromatic heterocycles.